The number of pyridine rings is 1. The highest BCUT2D eigenvalue weighted by molar-refractivity contribution is 6.34. The van der Waals surface area contributed by atoms with Crippen LogP contribution in [0, 0.1) is 11.2 Å². The Labute approximate surface area is 247 Å². The SMILES string of the molecule is COC(=O)c1ncc(NC=O)cc1-c1cc2c(cc1Cl)NC(=O)C21[C@H](CC(C)(C)C)NC[C@H]1c1cccc(Cl)c1F. The van der Waals surface area contributed by atoms with Gasteiger partial charge in [0.1, 0.15) is 5.82 Å². The van der Waals surface area contributed by atoms with Crippen molar-refractivity contribution >= 4 is 52.9 Å². The van der Waals surface area contributed by atoms with Gasteiger partial charge in [-0.1, -0.05) is 56.1 Å². The number of fused-ring (bicyclic) bond motifs is 2. The molecule has 0 bridgehead atoms. The number of ether oxygens (including phenoxy) is 1. The summed E-state index contributed by atoms with van der Waals surface area (Å²) in [6.45, 7) is 6.57. The van der Waals surface area contributed by atoms with Crippen LogP contribution in [0.1, 0.15) is 54.7 Å². The molecular formula is C30H29Cl2FN4O4. The Bertz CT molecular complexity index is 1570. The molecule has 8 nitrogen and oxygen atoms in total. The molecule has 0 aliphatic carbocycles. The fourth-order valence-corrected chi connectivity index (χ4v) is 6.60. The zero-order valence-corrected chi connectivity index (χ0v) is 24.4. The molecule has 2 aliphatic heterocycles. The maximum absolute atomic E-state index is 15.6. The smallest absolute Gasteiger partial charge is 0.357 e. The summed E-state index contributed by atoms with van der Waals surface area (Å²) in [6, 6.07) is 9.37. The van der Waals surface area contributed by atoms with Gasteiger partial charge in [-0.25, -0.2) is 14.2 Å². The van der Waals surface area contributed by atoms with E-state index < -0.39 is 23.1 Å². The van der Waals surface area contributed by atoms with E-state index in [1.807, 2.05) is 0 Å². The second kappa shape index (κ2) is 10.7. The number of halogens is 3. The summed E-state index contributed by atoms with van der Waals surface area (Å²) in [7, 11) is 1.23. The molecule has 11 heteroatoms. The first-order valence-corrected chi connectivity index (χ1v) is 13.8. The van der Waals surface area contributed by atoms with E-state index in [0.29, 0.717) is 53.0 Å². The van der Waals surface area contributed by atoms with E-state index in [4.69, 9.17) is 27.9 Å². The number of rotatable bonds is 6. The molecule has 3 N–H and O–H groups in total. The van der Waals surface area contributed by atoms with Gasteiger partial charge in [0.2, 0.25) is 12.3 Å². The molecule has 2 amide bonds. The first-order valence-electron chi connectivity index (χ1n) is 13.0. The van der Waals surface area contributed by atoms with Crippen molar-refractivity contribution in [3.63, 3.8) is 0 Å². The van der Waals surface area contributed by atoms with Crippen LogP contribution in [0.25, 0.3) is 11.1 Å². The third-order valence-corrected chi connectivity index (χ3v) is 8.40. The van der Waals surface area contributed by atoms with Gasteiger partial charge in [0.05, 0.1) is 34.5 Å². The normalized spacial score (nSPS) is 21.5. The predicted octanol–water partition coefficient (Wildman–Crippen LogP) is 5.93. The zero-order valence-electron chi connectivity index (χ0n) is 22.9. The van der Waals surface area contributed by atoms with Crippen LogP contribution in [0.5, 0.6) is 0 Å². The highest BCUT2D eigenvalue weighted by Crippen LogP contribution is 2.56. The number of carbonyl (C=O) groups excluding carboxylic acids is 3. The first kappa shape index (κ1) is 29.0. The van der Waals surface area contributed by atoms with Crippen LogP contribution in [0.3, 0.4) is 0 Å². The molecule has 1 aromatic heterocycles. The number of nitrogens with one attached hydrogen (secondary N) is 3. The number of anilines is 2. The lowest BCUT2D eigenvalue weighted by atomic mass is 9.63. The number of amides is 2. The number of methoxy groups -OCH3 is 1. The number of hydrogen-bond acceptors (Lipinski definition) is 6. The quantitative estimate of drug-likeness (QED) is 0.239. The fraction of sp³-hybridized carbons (Fsp3) is 0.333. The van der Waals surface area contributed by atoms with Gasteiger partial charge in [0.15, 0.2) is 5.69 Å². The van der Waals surface area contributed by atoms with Gasteiger partial charge in [-0.3, -0.25) is 9.59 Å². The molecule has 0 saturated carbocycles. The molecule has 41 heavy (non-hydrogen) atoms. The van der Waals surface area contributed by atoms with Crippen molar-refractivity contribution in [2.75, 3.05) is 24.3 Å². The molecule has 1 spiro atoms. The second-order valence-corrected chi connectivity index (χ2v) is 12.3. The van der Waals surface area contributed by atoms with Crippen LogP contribution >= 0.6 is 23.2 Å². The largest absolute Gasteiger partial charge is 0.464 e. The molecule has 2 aromatic carbocycles. The number of benzene rings is 2. The lowest BCUT2D eigenvalue weighted by molar-refractivity contribution is -0.122. The Balaban J connectivity index is 1.79. The van der Waals surface area contributed by atoms with Crippen LogP contribution in [0.4, 0.5) is 15.8 Å². The molecule has 3 heterocycles. The van der Waals surface area contributed by atoms with E-state index in [1.165, 1.54) is 19.4 Å². The van der Waals surface area contributed by atoms with Gasteiger partial charge >= 0.3 is 5.97 Å². The van der Waals surface area contributed by atoms with E-state index in [0.717, 1.165) is 0 Å². The number of nitrogens with zero attached hydrogens (tertiary/aromatic N) is 1. The number of esters is 1. The van der Waals surface area contributed by atoms with Gasteiger partial charge in [-0.15, -0.1) is 0 Å². The van der Waals surface area contributed by atoms with E-state index in [-0.39, 0.29) is 33.1 Å². The van der Waals surface area contributed by atoms with E-state index in [9.17, 15) is 14.4 Å². The van der Waals surface area contributed by atoms with Crippen LogP contribution < -0.4 is 16.0 Å². The van der Waals surface area contributed by atoms with E-state index in [2.05, 4.69) is 41.7 Å². The van der Waals surface area contributed by atoms with Gasteiger partial charge in [-0.05, 0) is 47.2 Å². The molecule has 5 rings (SSSR count). The van der Waals surface area contributed by atoms with Crippen molar-refractivity contribution in [1.82, 2.24) is 10.3 Å². The molecule has 1 fully saturated rings. The van der Waals surface area contributed by atoms with Crippen LogP contribution in [0.2, 0.25) is 10.0 Å². The predicted molar refractivity (Wildman–Crippen MR) is 156 cm³/mol. The van der Waals surface area contributed by atoms with Crippen LogP contribution in [-0.4, -0.2) is 43.0 Å². The number of hydrogen-bond donors (Lipinski definition) is 3. The Morgan fingerprint density at radius 2 is 1.98 bits per heavy atom. The lowest BCUT2D eigenvalue weighted by Crippen LogP contribution is -2.49. The van der Waals surface area contributed by atoms with Gasteiger partial charge in [-0.2, -0.15) is 0 Å². The molecule has 1 saturated heterocycles. The minimum atomic E-state index is -1.23. The average Bonchev–Trinajstić information content (AvgIpc) is 3.41. The lowest BCUT2D eigenvalue weighted by Gasteiger charge is -2.37. The van der Waals surface area contributed by atoms with Gasteiger partial charge < -0.3 is 20.7 Å². The number of aromatic nitrogens is 1. The van der Waals surface area contributed by atoms with E-state index in [1.54, 1.807) is 30.3 Å². The van der Waals surface area contributed by atoms with Crippen molar-refractivity contribution in [2.45, 2.75) is 44.6 Å². The third kappa shape index (κ3) is 4.86. The Morgan fingerprint density at radius 1 is 1.22 bits per heavy atom. The second-order valence-electron chi connectivity index (χ2n) is 11.5. The summed E-state index contributed by atoms with van der Waals surface area (Å²) in [5.41, 5.74) is 1.02. The molecule has 3 aromatic rings. The molecule has 3 atom stereocenters. The van der Waals surface area contributed by atoms with Gasteiger partial charge in [0, 0.05) is 35.3 Å². The first-order chi connectivity index (χ1) is 19.4. The Hall–Kier alpha value is -3.53. The molecule has 214 valence electrons. The summed E-state index contributed by atoms with van der Waals surface area (Å²) >= 11 is 13.0. The summed E-state index contributed by atoms with van der Waals surface area (Å²) in [6.07, 6.45) is 2.42. The maximum atomic E-state index is 15.6. The molecule has 0 radical (unpaired) electrons. The maximum Gasteiger partial charge on any atom is 0.357 e. The third-order valence-electron chi connectivity index (χ3n) is 7.80. The van der Waals surface area contributed by atoms with Crippen molar-refractivity contribution in [3.8, 4) is 11.1 Å². The highest BCUT2D eigenvalue weighted by Gasteiger charge is 2.62. The highest BCUT2D eigenvalue weighted by atomic mass is 35.5. The molecule has 2 aliphatic rings. The monoisotopic (exact) mass is 598 g/mol. The summed E-state index contributed by atoms with van der Waals surface area (Å²) in [5.74, 6) is -2.17. The Morgan fingerprint density at radius 3 is 2.66 bits per heavy atom. The van der Waals surface area contributed by atoms with Gasteiger partial charge in [0.25, 0.3) is 0 Å². The average molecular weight is 599 g/mol. The van der Waals surface area contributed by atoms with Crippen molar-refractivity contribution in [3.05, 3.63) is 75.3 Å². The Kier molecular flexibility index (Phi) is 7.57. The molecule has 1 unspecified atom stereocenters. The standard InChI is InChI=1S/C30H29Cl2FN4O4/c1-29(2,3)11-24-30(20(13-34-24)16-6-5-7-21(31)25(16)33)19-9-17(22(32)10-23(19)37-28(30)40)18-8-15(36-14-38)12-35-26(18)27(39)41-4/h5-10,12,14,20,24,34H,11,13H2,1-4H3,(H,36,38)(H,37,40)/t20-,24-,30?/m0/s1. The van der Waals surface area contributed by atoms with E-state index >= 15 is 4.39 Å². The zero-order chi connectivity index (χ0) is 29.7. The van der Waals surface area contributed by atoms with Crippen LogP contribution in [-0.2, 0) is 19.7 Å². The molecular weight excluding hydrogens is 570 g/mol. The fourth-order valence-electron chi connectivity index (χ4n) is 6.16. The van der Waals surface area contributed by atoms with Crippen LogP contribution in [0.15, 0.2) is 42.6 Å². The topological polar surface area (TPSA) is 109 Å². The summed E-state index contributed by atoms with van der Waals surface area (Å²) < 4.78 is 20.5. The minimum absolute atomic E-state index is 0.0228. The summed E-state index contributed by atoms with van der Waals surface area (Å²) in [4.78, 5) is 42.2. The van der Waals surface area contributed by atoms with Crippen molar-refractivity contribution in [2.24, 2.45) is 5.41 Å². The van der Waals surface area contributed by atoms with Crippen molar-refractivity contribution < 1.29 is 23.5 Å². The van der Waals surface area contributed by atoms with Crippen molar-refractivity contribution in [1.29, 1.82) is 0 Å². The minimum Gasteiger partial charge on any atom is -0.464 e. The summed E-state index contributed by atoms with van der Waals surface area (Å²) in [5, 5.41) is 9.25. The number of carbonyl (C=O) groups is 3.